The van der Waals surface area contributed by atoms with E-state index in [2.05, 4.69) is 20.6 Å². The van der Waals surface area contributed by atoms with E-state index in [1.54, 1.807) is 18.3 Å². The van der Waals surface area contributed by atoms with Crippen LogP contribution in [0, 0.1) is 6.92 Å². The second-order valence-corrected chi connectivity index (χ2v) is 6.53. The van der Waals surface area contributed by atoms with E-state index in [4.69, 9.17) is 0 Å². The Morgan fingerprint density at radius 1 is 0.759 bits per heavy atom. The molecule has 0 aliphatic heterocycles. The molecule has 0 unspecified atom stereocenters. The summed E-state index contributed by atoms with van der Waals surface area (Å²) in [7, 11) is 0. The molecular weight excluding hydrogens is 364 g/mol. The summed E-state index contributed by atoms with van der Waals surface area (Å²) in [6.07, 6.45) is 3.13. The molecule has 29 heavy (non-hydrogen) atoms. The van der Waals surface area contributed by atoms with E-state index in [-0.39, 0.29) is 17.5 Å². The highest BCUT2D eigenvalue weighted by atomic mass is 16.2. The maximum Gasteiger partial charge on any atom is 0.274 e. The lowest BCUT2D eigenvalue weighted by Crippen LogP contribution is -2.17. The van der Waals surface area contributed by atoms with E-state index in [9.17, 15) is 9.59 Å². The van der Waals surface area contributed by atoms with Crippen LogP contribution in [0.25, 0.3) is 10.9 Å². The molecular formula is C23H18N4O2. The van der Waals surface area contributed by atoms with Gasteiger partial charge in [-0.1, -0.05) is 36.4 Å². The minimum Gasteiger partial charge on any atom is -0.320 e. The molecule has 4 aromatic rings. The van der Waals surface area contributed by atoms with Crippen LogP contribution in [0.2, 0.25) is 0 Å². The summed E-state index contributed by atoms with van der Waals surface area (Å²) >= 11 is 0. The Hall–Kier alpha value is -4.06. The molecule has 0 radical (unpaired) electrons. The van der Waals surface area contributed by atoms with Crippen molar-refractivity contribution in [3.8, 4) is 0 Å². The highest BCUT2D eigenvalue weighted by Crippen LogP contribution is 2.21. The number of benzene rings is 2. The lowest BCUT2D eigenvalue weighted by molar-refractivity contribution is 0.102. The van der Waals surface area contributed by atoms with Gasteiger partial charge in [-0.25, -0.2) is 0 Å². The molecule has 142 valence electrons. The average molecular weight is 382 g/mol. The van der Waals surface area contributed by atoms with Gasteiger partial charge in [-0.2, -0.15) is 0 Å². The number of aromatic nitrogens is 2. The number of amides is 2. The first-order chi connectivity index (χ1) is 14.1. The van der Waals surface area contributed by atoms with Gasteiger partial charge in [0.1, 0.15) is 5.69 Å². The maximum absolute atomic E-state index is 12.7. The van der Waals surface area contributed by atoms with Crippen LogP contribution in [-0.2, 0) is 0 Å². The summed E-state index contributed by atoms with van der Waals surface area (Å²) in [6, 6.07) is 19.9. The molecule has 0 aliphatic carbocycles. The third-order valence-electron chi connectivity index (χ3n) is 4.53. The number of para-hydroxylation sites is 2. The van der Waals surface area contributed by atoms with Crippen LogP contribution in [-0.4, -0.2) is 21.8 Å². The summed E-state index contributed by atoms with van der Waals surface area (Å²) in [5.41, 5.74) is 3.46. The Morgan fingerprint density at radius 2 is 1.52 bits per heavy atom. The third kappa shape index (κ3) is 3.96. The fraction of sp³-hybridized carbons (Fsp3) is 0.0435. The standard InChI is InChI=1S/C23H18N4O2/c1-15-6-2-3-9-18(15)26-23(29)20-14-17(11-13-24-20)22(28)27-19-10-4-7-16-8-5-12-25-21(16)19/h2-14H,1H3,(H,26,29)(H,27,28). The summed E-state index contributed by atoms with van der Waals surface area (Å²) < 4.78 is 0. The number of nitrogens with zero attached hydrogens (tertiary/aromatic N) is 2. The summed E-state index contributed by atoms with van der Waals surface area (Å²) in [5, 5.41) is 6.62. The molecule has 2 heterocycles. The van der Waals surface area contributed by atoms with Gasteiger partial charge in [0, 0.05) is 29.0 Å². The number of nitrogens with one attached hydrogen (secondary N) is 2. The number of pyridine rings is 2. The SMILES string of the molecule is Cc1ccccc1NC(=O)c1cc(C(=O)Nc2cccc3cccnc23)ccn1. The number of aryl methyl sites for hydroxylation is 1. The number of anilines is 2. The predicted molar refractivity (Wildman–Crippen MR) is 113 cm³/mol. The molecule has 2 aromatic carbocycles. The largest absolute Gasteiger partial charge is 0.320 e. The summed E-state index contributed by atoms with van der Waals surface area (Å²) in [4.78, 5) is 33.7. The third-order valence-corrected chi connectivity index (χ3v) is 4.53. The lowest BCUT2D eigenvalue weighted by Gasteiger charge is -2.10. The maximum atomic E-state index is 12.7. The molecule has 0 fully saturated rings. The van der Waals surface area contributed by atoms with Crippen molar-refractivity contribution in [1.29, 1.82) is 0 Å². The molecule has 0 aliphatic rings. The Balaban J connectivity index is 1.56. The van der Waals surface area contributed by atoms with E-state index in [0.717, 1.165) is 10.9 Å². The summed E-state index contributed by atoms with van der Waals surface area (Å²) in [6.45, 7) is 1.91. The van der Waals surface area contributed by atoms with Crippen molar-refractivity contribution in [2.45, 2.75) is 6.92 Å². The van der Waals surface area contributed by atoms with Crippen molar-refractivity contribution in [3.63, 3.8) is 0 Å². The molecule has 2 aromatic heterocycles. The Labute approximate surface area is 167 Å². The van der Waals surface area contributed by atoms with Gasteiger partial charge in [0.15, 0.2) is 0 Å². The van der Waals surface area contributed by atoms with Gasteiger partial charge in [0.05, 0.1) is 11.2 Å². The van der Waals surface area contributed by atoms with Crippen molar-refractivity contribution in [2.75, 3.05) is 10.6 Å². The molecule has 0 bridgehead atoms. The first kappa shape index (κ1) is 18.3. The first-order valence-corrected chi connectivity index (χ1v) is 9.10. The molecule has 6 nitrogen and oxygen atoms in total. The zero-order valence-corrected chi connectivity index (χ0v) is 15.7. The van der Waals surface area contributed by atoms with Gasteiger partial charge in [-0.3, -0.25) is 19.6 Å². The second kappa shape index (κ2) is 7.90. The fourth-order valence-corrected chi connectivity index (χ4v) is 3.00. The van der Waals surface area contributed by atoms with Crippen LogP contribution < -0.4 is 10.6 Å². The molecule has 0 saturated heterocycles. The van der Waals surface area contributed by atoms with Gasteiger partial charge in [0.25, 0.3) is 11.8 Å². The summed E-state index contributed by atoms with van der Waals surface area (Å²) in [5.74, 6) is -0.712. The smallest absolute Gasteiger partial charge is 0.274 e. The van der Waals surface area contributed by atoms with E-state index in [1.807, 2.05) is 55.5 Å². The fourth-order valence-electron chi connectivity index (χ4n) is 3.00. The predicted octanol–water partition coefficient (Wildman–Crippen LogP) is 4.44. The highest BCUT2D eigenvalue weighted by Gasteiger charge is 2.14. The van der Waals surface area contributed by atoms with E-state index in [0.29, 0.717) is 22.5 Å². The van der Waals surface area contributed by atoms with Gasteiger partial charge in [-0.05, 0) is 42.8 Å². The molecule has 4 rings (SSSR count). The normalized spacial score (nSPS) is 10.5. The minimum atomic E-state index is -0.374. The number of fused-ring (bicyclic) bond motifs is 1. The molecule has 0 saturated carbocycles. The zero-order chi connectivity index (χ0) is 20.2. The van der Waals surface area contributed by atoms with Gasteiger partial charge in [-0.15, -0.1) is 0 Å². The minimum absolute atomic E-state index is 0.164. The zero-order valence-electron chi connectivity index (χ0n) is 15.7. The molecule has 0 atom stereocenters. The van der Waals surface area contributed by atoms with Crippen molar-refractivity contribution >= 4 is 34.1 Å². The highest BCUT2D eigenvalue weighted by molar-refractivity contribution is 6.10. The first-order valence-electron chi connectivity index (χ1n) is 9.10. The van der Waals surface area contributed by atoms with Crippen LogP contribution in [0.4, 0.5) is 11.4 Å². The van der Waals surface area contributed by atoms with E-state index < -0.39 is 0 Å². The van der Waals surface area contributed by atoms with Crippen molar-refractivity contribution in [2.24, 2.45) is 0 Å². The number of carbonyl (C=O) groups is 2. The van der Waals surface area contributed by atoms with Crippen LogP contribution in [0.15, 0.2) is 79.1 Å². The Bertz CT molecular complexity index is 1210. The van der Waals surface area contributed by atoms with E-state index in [1.165, 1.54) is 12.3 Å². The Kier molecular flexibility index (Phi) is 4.99. The quantitative estimate of drug-likeness (QED) is 0.546. The second-order valence-electron chi connectivity index (χ2n) is 6.53. The van der Waals surface area contributed by atoms with Crippen LogP contribution in [0.1, 0.15) is 26.4 Å². The van der Waals surface area contributed by atoms with Gasteiger partial charge < -0.3 is 10.6 Å². The number of hydrogen-bond acceptors (Lipinski definition) is 4. The van der Waals surface area contributed by atoms with Gasteiger partial charge in [0.2, 0.25) is 0 Å². The molecule has 6 heteroatoms. The number of rotatable bonds is 4. The average Bonchev–Trinajstić information content (AvgIpc) is 2.75. The molecule has 0 spiro atoms. The number of hydrogen-bond donors (Lipinski definition) is 2. The van der Waals surface area contributed by atoms with E-state index >= 15 is 0 Å². The van der Waals surface area contributed by atoms with Crippen LogP contribution >= 0.6 is 0 Å². The van der Waals surface area contributed by atoms with Crippen molar-refractivity contribution in [1.82, 2.24) is 9.97 Å². The van der Waals surface area contributed by atoms with Crippen LogP contribution in [0.3, 0.4) is 0 Å². The van der Waals surface area contributed by atoms with Crippen LogP contribution in [0.5, 0.6) is 0 Å². The lowest BCUT2D eigenvalue weighted by atomic mass is 10.1. The van der Waals surface area contributed by atoms with Crippen molar-refractivity contribution < 1.29 is 9.59 Å². The van der Waals surface area contributed by atoms with Crippen molar-refractivity contribution in [3.05, 3.63) is 95.9 Å². The topological polar surface area (TPSA) is 84.0 Å². The Morgan fingerprint density at radius 3 is 2.38 bits per heavy atom. The molecule has 2 N–H and O–H groups in total. The van der Waals surface area contributed by atoms with Gasteiger partial charge >= 0.3 is 0 Å². The molecule has 2 amide bonds. The number of carbonyl (C=O) groups excluding carboxylic acids is 2. The monoisotopic (exact) mass is 382 g/mol.